The van der Waals surface area contributed by atoms with Gasteiger partial charge in [-0.2, -0.15) is 0 Å². The van der Waals surface area contributed by atoms with Crippen LogP contribution >= 0.6 is 0 Å². The maximum absolute atomic E-state index is 12.6. The molecule has 7 heteroatoms. The first kappa shape index (κ1) is 15.4. The summed E-state index contributed by atoms with van der Waals surface area (Å²) < 4.78 is 33.2. The van der Waals surface area contributed by atoms with Gasteiger partial charge in [-0.05, 0) is 44.2 Å². The van der Waals surface area contributed by atoms with Crippen molar-refractivity contribution < 1.29 is 13.2 Å². The number of fused-ring (bicyclic) bond motifs is 1. The van der Waals surface area contributed by atoms with Gasteiger partial charge < -0.3 is 9.72 Å². The lowest BCUT2D eigenvalue weighted by Gasteiger charge is -2.12. The van der Waals surface area contributed by atoms with E-state index in [4.69, 9.17) is 4.74 Å². The molecule has 2 N–H and O–H groups in total. The Balaban J connectivity index is 1.97. The molecule has 23 heavy (non-hydrogen) atoms. The molecular formula is C16H17N3O3S. The highest BCUT2D eigenvalue weighted by atomic mass is 32.2. The number of hydrogen-bond donors (Lipinski definition) is 2. The number of aromatic nitrogens is 2. The number of aryl methyl sites for hydroxylation is 1. The molecule has 3 aromatic rings. The van der Waals surface area contributed by atoms with Gasteiger partial charge in [-0.1, -0.05) is 12.1 Å². The molecule has 1 heterocycles. The molecule has 0 aliphatic rings. The first-order chi connectivity index (χ1) is 11.0. The number of benzene rings is 2. The van der Waals surface area contributed by atoms with Crippen LogP contribution in [-0.4, -0.2) is 25.0 Å². The molecule has 0 saturated carbocycles. The molecule has 0 saturated heterocycles. The SMILES string of the molecule is CCOc1ccccc1NS(=O)(=O)c1ccc2nc(C)[nH]c2c1. The molecule has 0 radical (unpaired) electrons. The Morgan fingerprint density at radius 2 is 2.00 bits per heavy atom. The monoisotopic (exact) mass is 331 g/mol. The summed E-state index contributed by atoms with van der Waals surface area (Å²) in [7, 11) is -3.71. The van der Waals surface area contributed by atoms with Gasteiger partial charge in [0.1, 0.15) is 11.6 Å². The third-order valence-corrected chi connectivity index (χ3v) is 4.68. The number of para-hydroxylation sites is 2. The lowest BCUT2D eigenvalue weighted by Crippen LogP contribution is -2.13. The second-order valence-electron chi connectivity index (χ2n) is 5.04. The van der Waals surface area contributed by atoms with E-state index in [-0.39, 0.29) is 4.90 Å². The molecule has 0 amide bonds. The predicted molar refractivity (Wildman–Crippen MR) is 89.3 cm³/mol. The maximum Gasteiger partial charge on any atom is 0.262 e. The van der Waals surface area contributed by atoms with E-state index in [1.54, 1.807) is 36.4 Å². The molecule has 6 nitrogen and oxygen atoms in total. The van der Waals surface area contributed by atoms with Crippen molar-refractivity contribution in [3.63, 3.8) is 0 Å². The van der Waals surface area contributed by atoms with Crippen molar-refractivity contribution in [2.24, 2.45) is 0 Å². The van der Waals surface area contributed by atoms with Crippen LogP contribution in [0.4, 0.5) is 5.69 Å². The van der Waals surface area contributed by atoms with Gasteiger partial charge in [0.25, 0.3) is 10.0 Å². The Bertz CT molecular complexity index is 948. The van der Waals surface area contributed by atoms with Crippen LogP contribution in [0.15, 0.2) is 47.4 Å². The highest BCUT2D eigenvalue weighted by Crippen LogP contribution is 2.27. The molecule has 1 aromatic heterocycles. The molecule has 0 aliphatic carbocycles. The Morgan fingerprint density at radius 3 is 2.78 bits per heavy atom. The van der Waals surface area contributed by atoms with Crippen LogP contribution in [0, 0.1) is 6.92 Å². The largest absolute Gasteiger partial charge is 0.492 e. The minimum atomic E-state index is -3.71. The topological polar surface area (TPSA) is 84.1 Å². The number of H-pyrrole nitrogens is 1. The van der Waals surface area contributed by atoms with Crippen LogP contribution in [0.5, 0.6) is 5.75 Å². The first-order valence-corrected chi connectivity index (χ1v) is 8.69. The number of sulfonamides is 1. The normalized spacial score (nSPS) is 11.6. The minimum Gasteiger partial charge on any atom is -0.492 e. The average Bonchev–Trinajstić information content (AvgIpc) is 2.88. The maximum atomic E-state index is 12.6. The summed E-state index contributed by atoms with van der Waals surface area (Å²) in [5.74, 6) is 1.24. The van der Waals surface area contributed by atoms with Crippen molar-refractivity contribution in [1.82, 2.24) is 9.97 Å². The van der Waals surface area contributed by atoms with Crippen molar-refractivity contribution in [3.8, 4) is 5.75 Å². The van der Waals surface area contributed by atoms with Crippen molar-refractivity contribution in [1.29, 1.82) is 0 Å². The summed E-state index contributed by atoms with van der Waals surface area (Å²) in [4.78, 5) is 7.47. The van der Waals surface area contributed by atoms with E-state index in [0.717, 1.165) is 11.3 Å². The molecule has 0 aliphatic heterocycles. The predicted octanol–water partition coefficient (Wildman–Crippen LogP) is 3.07. The second kappa shape index (κ2) is 5.92. The highest BCUT2D eigenvalue weighted by Gasteiger charge is 2.17. The fourth-order valence-electron chi connectivity index (χ4n) is 2.32. The van der Waals surface area contributed by atoms with E-state index in [9.17, 15) is 8.42 Å². The molecule has 0 atom stereocenters. The second-order valence-corrected chi connectivity index (χ2v) is 6.72. The van der Waals surface area contributed by atoms with E-state index in [0.29, 0.717) is 23.6 Å². The van der Waals surface area contributed by atoms with E-state index < -0.39 is 10.0 Å². The first-order valence-electron chi connectivity index (χ1n) is 7.20. The van der Waals surface area contributed by atoms with Crippen LogP contribution in [-0.2, 0) is 10.0 Å². The van der Waals surface area contributed by atoms with E-state index in [2.05, 4.69) is 14.7 Å². The summed E-state index contributed by atoms with van der Waals surface area (Å²) in [6, 6.07) is 11.7. The van der Waals surface area contributed by atoms with Gasteiger partial charge >= 0.3 is 0 Å². The fraction of sp³-hybridized carbons (Fsp3) is 0.188. The van der Waals surface area contributed by atoms with Gasteiger partial charge in [-0.3, -0.25) is 4.72 Å². The lowest BCUT2D eigenvalue weighted by molar-refractivity contribution is 0.342. The summed E-state index contributed by atoms with van der Waals surface area (Å²) >= 11 is 0. The number of imidazole rings is 1. The Kier molecular flexibility index (Phi) is 3.96. The van der Waals surface area contributed by atoms with Crippen LogP contribution < -0.4 is 9.46 Å². The standard InChI is InChI=1S/C16H17N3O3S/c1-3-22-16-7-5-4-6-14(16)19-23(20,21)12-8-9-13-15(10-12)18-11(2)17-13/h4-10,19H,3H2,1-2H3,(H,17,18). The zero-order chi connectivity index (χ0) is 16.4. The van der Waals surface area contributed by atoms with Gasteiger partial charge in [0.05, 0.1) is 28.2 Å². The molecule has 0 bridgehead atoms. The summed E-state index contributed by atoms with van der Waals surface area (Å²) in [6.45, 7) is 4.13. The van der Waals surface area contributed by atoms with Crippen molar-refractivity contribution in [2.45, 2.75) is 18.7 Å². The molecule has 3 rings (SSSR count). The van der Waals surface area contributed by atoms with Crippen molar-refractivity contribution >= 4 is 26.7 Å². The van der Waals surface area contributed by atoms with E-state index >= 15 is 0 Å². The third kappa shape index (κ3) is 3.14. The van der Waals surface area contributed by atoms with E-state index in [1.165, 1.54) is 6.07 Å². The van der Waals surface area contributed by atoms with Gasteiger partial charge in [0, 0.05) is 0 Å². The highest BCUT2D eigenvalue weighted by molar-refractivity contribution is 7.92. The van der Waals surface area contributed by atoms with Crippen LogP contribution in [0.25, 0.3) is 11.0 Å². The summed E-state index contributed by atoms with van der Waals surface area (Å²) in [6.07, 6.45) is 0. The lowest BCUT2D eigenvalue weighted by atomic mass is 10.3. The fourth-order valence-corrected chi connectivity index (χ4v) is 3.42. The Morgan fingerprint density at radius 1 is 1.22 bits per heavy atom. The van der Waals surface area contributed by atoms with Crippen molar-refractivity contribution in [3.05, 3.63) is 48.3 Å². The number of rotatable bonds is 5. The molecule has 2 aromatic carbocycles. The van der Waals surface area contributed by atoms with Crippen molar-refractivity contribution in [2.75, 3.05) is 11.3 Å². The third-order valence-electron chi connectivity index (χ3n) is 3.31. The zero-order valence-corrected chi connectivity index (χ0v) is 13.6. The molecular weight excluding hydrogens is 314 g/mol. The van der Waals surface area contributed by atoms with E-state index in [1.807, 2.05) is 13.8 Å². The Labute approximate surface area is 134 Å². The Hall–Kier alpha value is -2.54. The number of anilines is 1. The molecule has 0 spiro atoms. The number of nitrogens with one attached hydrogen (secondary N) is 2. The van der Waals surface area contributed by atoms with Crippen LogP contribution in [0.3, 0.4) is 0 Å². The van der Waals surface area contributed by atoms with Gasteiger partial charge in [-0.25, -0.2) is 13.4 Å². The molecule has 0 fully saturated rings. The average molecular weight is 331 g/mol. The summed E-state index contributed by atoms with van der Waals surface area (Å²) in [5.41, 5.74) is 1.83. The minimum absolute atomic E-state index is 0.167. The quantitative estimate of drug-likeness (QED) is 0.752. The van der Waals surface area contributed by atoms with Gasteiger partial charge in [0.15, 0.2) is 0 Å². The zero-order valence-electron chi connectivity index (χ0n) is 12.8. The van der Waals surface area contributed by atoms with Gasteiger partial charge in [0.2, 0.25) is 0 Å². The van der Waals surface area contributed by atoms with Gasteiger partial charge in [-0.15, -0.1) is 0 Å². The number of ether oxygens (including phenoxy) is 1. The smallest absolute Gasteiger partial charge is 0.262 e. The number of aromatic amines is 1. The number of nitrogens with zero attached hydrogens (tertiary/aromatic N) is 1. The molecule has 0 unspecified atom stereocenters. The van der Waals surface area contributed by atoms with Crippen LogP contribution in [0.1, 0.15) is 12.7 Å². The summed E-state index contributed by atoms with van der Waals surface area (Å²) in [5, 5.41) is 0. The van der Waals surface area contributed by atoms with Crippen LogP contribution in [0.2, 0.25) is 0 Å². The molecule has 120 valence electrons. The number of hydrogen-bond acceptors (Lipinski definition) is 4.